The molecule has 0 rings (SSSR count). The molecule has 0 aliphatic heterocycles. The summed E-state index contributed by atoms with van der Waals surface area (Å²) in [4.78, 5) is 37.0. The number of unbranched alkanes of at least 4 members (excludes halogenated alkanes) is 25. The number of carboxylic acid groups (broad SMARTS) is 1. The molecule has 0 aromatic carbocycles. The Bertz CT molecular complexity index is 1080. The number of carboxylic acids is 1. The molecule has 0 aromatic rings. The van der Waals surface area contributed by atoms with E-state index in [1.165, 1.54) is 135 Å². The Kier molecular flexibility index (Phi) is 41.4. The topological polar surface area (TPSA) is 102 Å². The van der Waals surface area contributed by atoms with E-state index in [4.69, 9.17) is 14.2 Å². The highest BCUT2D eigenvalue weighted by Crippen LogP contribution is 2.16. The molecule has 0 N–H and O–H groups in total. The normalized spacial score (nSPS) is 13.2. The van der Waals surface area contributed by atoms with Crippen LogP contribution in [0.1, 0.15) is 226 Å². The first kappa shape index (κ1) is 57.5. The summed E-state index contributed by atoms with van der Waals surface area (Å²) in [5, 5.41) is 11.7. The van der Waals surface area contributed by atoms with Gasteiger partial charge in [0, 0.05) is 19.3 Å². The fraction of sp³-hybridized carbons (Fsp3) is 0.827. The van der Waals surface area contributed by atoms with E-state index in [-0.39, 0.29) is 42.7 Å². The zero-order valence-electron chi connectivity index (χ0n) is 39.9. The maximum atomic E-state index is 12.8. The van der Waals surface area contributed by atoms with Gasteiger partial charge in [-0.15, -0.1) is 0 Å². The molecule has 0 heterocycles. The molecular formula is C52H95NO7. The summed E-state index contributed by atoms with van der Waals surface area (Å²) in [7, 11) is 5.42. The molecule has 8 heteroatoms. The van der Waals surface area contributed by atoms with Gasteiger partial charge < -0.3 is 28.6 Å². The number of ether oxygens (including phenoxy) is 3. The van der Waals surface area contributed by atoms with Gasteiger partial charge in [-0.3, -0.25) is 9.59 Å². The lowest BCUT2D eigenvalue weighted by Crippen LogP contribution is -2.55. The van der Waals surface area contributed by atoms with Gasteiger partial charge in [0.25, 0.3) is 0 Å². The van der Waals surface area contributed by atoms with Crippen molar-refractivity contribution in [2.75, 3.05) is 41.0 Å². The van der Waals surface area contributed by atoms with Crippen LogP contribution in [0.4, 0.5) is 0 Å². The molecule has 60 heavy (non-hydrogen) atoms. The average Bonchev–Trinajstić information content (AvgIpc) is 3.21. The van der Waals surface area contributed by atoms with E-state index in [1.54, 1.807) is 21.1 Å². The third-order valence-electron chi connectivity index (χ3n) is 11.3. The fourth-order valence-corrected chi connectivity index (χ4v) is 7.44. The molecular weight excluding hydrogens is 751 g/mol. The van der Waals surface area contributed by atoms with Crippen LogP contribution in [0, 0.1) is 0 Å². The highest BCUT2D eigenvalue weighted by Gasteiger charge is 2.25. The monoisotopic (exact) mass is 846 g/mol. The number of hydrogen-bond acceptors (Lipinski definition) is 7. The van der Waals surface area contributed by atoms with E-state index in [0.717, 1.165) is 57.8 Å². The summed E-state index contributed by atoms with van der Waals surface area (Å²) in [5.74, 6) is -1.73. The predicted octanol–water partition coefficient (Wildman–Crippen LogP) is 12.9. The number of quaternary nitrogens is 1. The number of nitrogens with zero attached hydrogens (tertiary/aromatic N) is 1. The van der Waals surface area contributed by atoms with Crippen molar-refractivity contribution in [3.05, 3.63) is 36.5 Å². The maximum absolute atomic E-state index is 12.8. The molecule has 8 nitrogen and oxygen atoms in total. The number of hydrogen-bond donors (Lipinski definition) is 0. The second kappa shape index (κ2) is 43.2. The van der Waals surface area contributed by atoms with Crippen LogP contribution in [0.25, 0.3) is 0 Å². The van der Waals surface area contributed by atoms with Gasteiger partial charge in [-0.05, 0) is 44.9 Å². The minimum Gasteiger partial charge on any atom is -0.544 e. The van der Waals surface area contributed by atoms with Crippen molar-refractivity contribution in [2.45, 2.75) is 238 Å². The predicted molar refractivity (Wildman–Crippen MR) is 250 cm³/mol. The second-order valence-corrected chi connectivity index (χ2v) is 18.0. The fourth-order valence-electron chi connectivity index (χ4n) is 7.44. The lowest BCUT2D eigenvalue weighted by Gasteiger charge is -2.34. The Balaban J connectivity index is 4.24. The molecule has 0 aromatic heterocycles. The molecule has 2 unspecified atom stereocenters. The van der Waals surface area contributed by atoms with Crippen molar-refractivity contribution in [3.63, 3.8) is 0 Å². The Hall–Kier alpha value is -2.45. The van der Waals surface area contributed by atoms with E-state index >= 15 is 0 Å². The number of allylic oxidation sites excluding steroid dienone is 6. The molecule has 2 atom stereocenters. The third kappa shape index (κ3) is 40.9. The van der Waals surface area contributed by atoms with Crippen LogP contribution in [-0.2, 0) is 28.6 Å². The highest BCUT2D eigenvalue weighted by molar-refractivity contribution is 5.70. The molecule has 0 saturated carbocycles. The molecule has 350 valence electrons. The first-order valence-electron chi connectivity index (χ1n) is 25.0. The van der Waals surface area contributed by atoms with Crippen molar-refractivity contribution >= 4 is 17.9 Å². The van der Waals surface area contributed by atoms with Gasteiger partial charge in [0.05, 0.1) is 40.3 Å². The lowest BCUT2D eigenvalue weighted by atomic mass is 10.0. The van der Waals surface area contributed by atoms with Gasteiger partial charge in [0.1, 0.15) is 12.6 Å². The maximum Gasteiger partial charge on any atom is 0.306 e. The molecule has 0 radical (unpaired) electrons. The van der Waals surface area contributed by atoms with E-state index in [2.05, 4.69) is 50.3 Å². The first-order chi connectivity index (χ1) is 29.1. The average molecular weight is 846 g/mol. The summed E-state index contributed by atoms with van der Waals surface area (Å²) in [6.45, 7) is 4.58. The largest absolute Gasteiger partial charge is 0.544 e. The van der Waals surface area contributed by atoms with E-state index in [0.29, 0.717) is 12.8 Å². The van der Waals surface area contributed by atoms with Crippen molar-refractivity contribution < 1.29 is 38.2 Å². The van der Waals surface area contributed by atoms with Gasteiger partial charge in [-0.1, -0.05) is 198 Å². The Labute approximate surface area is 370 Å². The van der Waals surface area contributed by atoms with Crippen molar-refractivity contribution in [3.8, 4) is 0 Å². The van der Waals surface area contributed by atoms with Gasteiger partial charge in [-0.25, -0.2) is 0 Å². The van der Waals surface area contributed by atoms with Crippen molar-refractivity contribution in [1.82, 2.24) is 0 Å². The lowest BCUT2D eigenvalue weighted by molar-refractivity contribution is -0.889. The van der Waals surface area contributed by atoms with Crippen LogP contribution in [0.5, 0.6) is 0 Å². The number of rotatable bonds is 45. The number of aliphatic carboxylic acids is 1. The van der Waals surface area contributed by atoms with Gasteiger partial charge >= 0.3 is 11.9 Å². The standard InChI is InChI=1S/C52H95NO7/c1-6-8-10-12-14-16-18-20-22-24-25-26-27-29-31-33-35-37-39-41-43-51(55)60-48(46-58-45-44-49(52(56)57)53(3,4)5)47-59-50(54)42-40-38-36-34-32-30-28-23-21-19-17-15-13-11-9-7-2/h8,10,14,16,20,22,48-49H,6-7,9,11-13,15,17-19,21,23-47H2,1-5H3/b10-8+,16-14+,22-20+. The summed E-state index contributed by atoms with van der Waals surface area (Å²) in [6, 6.07) is -0.725. The highest BCUT2D eigenvalue weighted by atomic mass is 16.6. The third-order valence-corrected chi connectivity index (χ3v) is 11.3. The summed E-state index contributed by atoms with van der Waals surface area (Å²) in [6.07, 6.45) is 50.2. The number of likely N-dealkylation sites (N-methyl/N-ethyl adjacent to an activating group) is 1. The van der Waals surface area contributed by atoms with Crippen LogP contribution in [0.3, 0.4) is 0 Å². The Morgan fingerprint density at radius 3 is 1.38 bits per heavy atom. The number of carbonyl (C=O) groups excluding carboxylic acids is 3. The van der Waals surface area contributed by atoms with Gasteiger partial charge in [0.2, 0.25) is 0 Å². The number of esters is 2. The smallest absolute Gasteiger partial charge is 0.306 e. The summed E-state index contributed by atoms with van der Waals surface area (Å²) in [5.41, 5.74) is 0. The summed E-state index contributed by atoms with van der Waals surface area (Å²) < 4.78 is 17.2. The molecule has 0 aliphatic carbocycles. The van der Waals surface area contributed by atoms with Crippen LogP contribution in [-0.4, -0.2) is 75.5 Å². The van der Waals surface area contributed by atoms with Gasteiger partial charge in [-0.2, -0.15) is 0 Å². The molecule has 0 aliphatic rings. The molecule has 0 saturated heterocycles. The quantitative estimate of drug-likeness (QED) is 0.0260. The zero-order valence-corrected chi connectivity index (χ0v) is 39.9. The van der Waals surface area contributed by atoms with Gasteiger partial charge in [0.15, 0.2) is 6.10 Å². The number of carbonyl (C=O) groups is 3. The van der Waals surface area contributed by atoms with Crippen LogP contribution in [0.15, 0.2) is 36.5 Å². The van der Waals surface area contributed by atoms with E-state index in [9.17, 15) is 19.5 Å². The SMILES string of the molecule is CC/C=C/C/C=C/C/C=C/CCCCCCCCCCCCC(=O)OC(COCCC(C(=O)[O-])[N+](C)(C)C)COC(=O)CCCCCCCCCCCCCCCCCC. The molecule has 0 spiro atoms. The van der Waals surface area contributed by atoms with Crippen molar-refractivity contribution in [1.29, 1.82) is 0 Å². The Morgan fingerprint density at radius 1 is 0.517 bits per heavy atom. The van der Waals surface area contributed by atoms with Crippen LogP contribution < -0.4 is 5.11 Å². The first-order valence-corrected chi connectivity index (χ1v) is 25.0. The van der Waals surface area contributed by atoms with E-state index < -0.39 is 18.1 Å². The molecule has 0 bridgehead atoms. The van der Waals surface area contributed by atoms with E-state index in [1.807, 2.05) is 0 Å². The van der Waals surface area contributed by atoms with Crippen molar-refractivity contribution in [2.24, 2.45) is 0 Å². The van der Waals surface area contributed by atoms with Crippen LogP contribution in [0.2, 0.25) is 0 Å². The zero-order chi connectivity index (χ0) is 44.2. The summed E-state index contributed by atoms with van der Waals surface area (Å²) >= 11 is 0. The second-order valence-electron chi connectivity index (χ2n) is 18.0. The minimum atomic E-state index is -1.12. The van der Waals surface area contributed by atoms with Crippen LogP contribution >= 0.6 is 0 Å². The molecule has 0 amide bonds. The minimum absolute atomic E-state index is 0.0424. The Morgan fingerprint density at radius 2 is 0.933 bits per heavy atom. The molecule has 0 fully saturated rings.